The van der Waals surface area contributed by atoms with Gasteiger partial charge in [-0.3, -0.25) is 14.2 Å². The van der Waals surface area contributed by atoms with Gasteiger partial charge in [-0.25, -0.2) is 9.79 Å². The monoisotopic (exact) mass is 626 g/mol. The highest BCUT2D eigenvalue weighted by atomic mass is 32.1. The number of benzene rings is 2. The average molecular weight is 627 g/mol. The molecule has 10 heteroatoms. The molecule has 1 aliphatic rings. The number of esters is 1. The van der Waals surface area contributed by atoms with Crippen molar-refractivity contribution in [2.75, 3.05) is 27.3 Å². The van der Waals surface area contributed by atoms with Crippen LogP contribution in [0.15, 0.2) is 69.6 Å². The van der Waals surface area contributed by atoms with E-state index in [2.05, 4.69) is 4.57 Å². The van der Waals surface area contributed by atoms with E-state index in [0.717, 1.165) is 33.8 Å². The standard InChI is InChI=1S/C35H38N4O5S/c1-9-37(10-2)33(41)30-22(5)36-35-39(31(30)26-14-11-12-17-28(26)43-7)32(40)29(45-35)19-24-18-20(3)38(23(24)6)27-16-13-15-25(21(27)4)34(42)44-8/h11-19,31H,9-10H2,1-8H3/b29-19-/t31-/m1/s1. The van der Waals surface area contributed by atoms with E-state index in [1.54, 1.807) is 22.6 Å². The van der Waals surface area contributed by atoms with Gasteiger partial charge in [0.05, 0.1) is 35.6 Å². The quantitative estimate of drug-likeness (QED) is 0.266. The molecule has 5 rings (SSSR count). The number of carbonyl (C=O) groups is 2. The van der Waals surface area contributed by atoms with E-state index in [0.29, 0.717) is 45.0 Å². The molecule has 0 N–H and O–H groups in total. The molecule has 0 spiro atoms. The van der Waals surface area contributed by atoms with E-state index in [4.69, 9.17) is 14.5 Å². The van der Waals surface area contributed by atoms with Crippen molar-refractivity contribution in [2.24, 2.45) is 4.99 Å². The van der Waals surface area contributed by atoms with Crippen LogP contribution in [-0.2, 0) is 9.53 Å². The fraction of sp³-hybridized carbons (Fsp3) is 0.314. The molecule has 4 aromatic rings. The largest absolute Gasteiger partial charge is 0.496 e. The van der Waals surface area contributed by atoms with E-state index in [1.165, 1.54) is 18.4 Å². The molecule has 0 fully saturated rings. The number of aromatic nitrogens is 2. The van der Waals surface area contributed by atoms with Gasteiger partial charge in [0.15, 0.2) is 4.80 Å². The van der Waals surface area contributed by atoms with Crippen LogP contribution in [0.2, 0.25) is 0 Å². The van der Waals surface area contributed by atoms with Gasteiger partial charge in [-0.15, -0.1) is 0 Å². The third kappa shape index (κ3) is 5.44. The van der Waals surface area contributed by atoms with Gasteiger partial charge in [0.1, 0.15) is 11.8 Å². The Bertz CT molecular complexity index is 2030. The van der Waals surface area contributed by atoms with Gasteiger partial charge in [-0.2, -0.15) is 0 Å². The molecule has 9 nitrogen and oxygen atoms in total. The predicted molar refractivity (Wildman–Crippen MR) is 176 cm³/mol. The Morgan fingerprint density at radius 3 is 2.40 bits per heavy atom. The summed E-state index contributed by atoms with van der Waals surface area (Å²) in [5.41, 5.74) is 6.41. The molecular weight excluding hydrogens is 588 g/mol. The number of rotatable bonds is 8. The second-order valence-corrected chi connectivity index (χ2v) is 11.9. The zero-order valence-electron chi connectivity index (χ0n) is 26.9. The molecule has 0 saturated heterocycles. The molecule has 0 radical (unpaired) electrons. The van der Waals surface area contributed by atoms with Gasteiger partial charge < -0.3 is 18.9 Å². The number of allylic oxidation sites excluding steroid dienone is 1. The Hall–Kier alpha value is -4.70. The fourth-order valence-electron chi connectivity index (χ4n) is 6.11. The molecule has 0 unspecified atom stereocenters. The molecule has 0 bridgehead atoms. The third-order valence-corrected chi connectivity index (χ3v) is 9.43. The van der Waals surface area contributed by atoms with Crippen LogP contribution in [0.4, 0.5) is 0 Å². The Labute approximate surface area is 266 Å². The van der Waals surface area contributed by atoms with Gasteiger partial charge in [-0.05, 0) is 83.0 Å². The van der Waals surface area contributed by atoms with Crippen LogP contribution < -0.4 is 19.6 Å². The lowest BCUT2D eigenvalue weighted by atomic mass is 9.94. The molecule has 2 aromatic carbocycles. The van der Waals surface area contributed by atoms with Crippen LogP contribution >= 0.6 is 11.3 Å². The van der Waals surface area contributed by atoms with Gasteiger partial charge >= 0.3 is 5.97 Å². The lowest BCUT2D eigenvalue weighted by molar-refractivity contribution is -0.127. The van der Waals surface area contributed by atoms with Crippen molar-refractivity contribution >= 4 is 29.3 Å². The van der Waals surface area contributed by atoms with Crippen molar-refractivity contribution in [2.45, 2.75) is 47.6 Å². The minimum absolute atomic E-state index is 0.153. The number of hydrogen-bond acceptors (Lipinski definition) is 7. The first-order valence-electron chi connectivity index (χ1n) is 14.9. The van der Waals surface area contributed by atoms with E-state index in [-0.39, 0.29) is 11.5 Å². The number of thiazole rings is 1. The van der Waals surface area contributed by atoms with Crippen LogP contribution in [0.3, 0.4) is 0 Å². The maximum atomic E-state index is 14.3. The van der Waals surface area contributed by atoms with Crippen LogP contribution in [0, 0.1) is 20.8 Å². The maximum Gasteiger partial charge on any atom is 0.338 e. The fourth-order valence-corrected chi connectivity index (χ4v) is 7.14. The van der Waals surface area contributed by atoms with Crippen molar-refractivity contribution in [1.29, 1.82) is 0 Å². The summed E-state index contributed by atoms with van der Waals surface area (Å²) in [6.45, 7) is 12.7. The number of nitrogens with zero attached hydrogens (tertiary/aromatic N) is 4. The maximum absolute atomic E-state index is 14.3. The predicted octanol–water partition coefficient (Wildman–Crippen LogP) is 4.61. The average Bonchev–Trinajstić information content (AvgIpc) is 3.49. The summed E-state index contributed by atoms with van der Waals surface area (Å²) >= 11 is 1.30. The van der Waals surface area contributed by atoms with Gasteiger partial charge in [-0.1, -0.05) is 35.6 Å². The Balaban J connectivity index is 1.71. The number of hydrogen-bond donors (Lipinski definition) is 0. The van der Waals surface area contributed by atoms with Crippen molar-refractivity contribution in [1.82, 2.24) is 14.0 Å². The summed E-state index contributed by atoms with van der Waals surface area (Å²) in [6, 6.07) is 14.4. The molecule has 234 valence electrons. The molecule has 2 aromatic heterocycles. The summed E-state index contributed by atoms with van der Waals surface area (Å²) in [6.07, 6.45) is 1.88. The lowest BCUT2D eigenvalue weighted by Gasteiger charge is -2.29. The van der Waals surface area contributed by atoms with Crippen molar-refractivity contribution in [3.63, 3.8) is 0 Å². The first kappa shape index (κ1) is 31.7. The second-order valence-electron chi connectivity index (χ2n) is 10.9. The number of fused-ring (bicyclic) bond motifs is 1. The highest BCUT2D eigenvalue weighted by Crippen LogP contribution is 2.36. The Morgan fingerprint density at radius 2 is 1.73 bits per heavy atom. The molecule has 3 heterocycles. The van der Waals surface area contributed by atoms with Gasteiger partial charge in [0, 0.05) is 35.7 Å². The van der Waals surface area contributed by atoms with Crippen LogP contribution in [0.5, 0.6) is 5.75 Å². The van der Waals surface area contributed by atoms with E-state index >= 15 is 0 Å². The summed E-state index contributed by atoms with van der Waals surface area (Å²) in [5.74, 6) is 0.0427. The molecule has 0 aliphatic carbocycles. The number of para-hydroxylation sites is 1. The molecule has 1 aliphatic heterocycles. The summed E-state index contributed by atoms with van der Waals surface area (Å²) < 4.78 is 14.9. The normalized spacial score (nSPS) is 14.7. The molecule has 1 amide bonds. The van der Waals surface area contributed by atoms with E-state index in [9.17, 15) is 14.4 Å². The molecule has 1 atom stereocenters. The van der Waals surface area contributed by atoms with Gasteiger partial charge in [0.2, 0.25) is 0 Å². The van der Waals surface area contributed by atoms with Crippen molar-refractivity contribution < 1.29 is 19.1 Å². The van der Waals surface area contributed by atoms with Crippen LogP contribution in [0.1, 0.15) is 65.2 Å². The number of amides is 1. The molecule has 0 saturated carbocycles. The second kappa shape index (κ2) is 12.7. The topological polar surface area (TPSA) is 95.1 Å². The van der Waals surface area contributed by atoms with E-state index < -0.39 is 12.0 Å². The Morgan fingerprint density at radius 1 is 1.02 bits per heavy atom. The number of likely N-dealkylation sites (N-methyl/N-ethyl adjacent to an activating group) is 1. The SMILES string of the molecule is CCN(CC)C(=O)C1=C(C)N=c2s/c(=C\c3cc(C)n(-c4cccc(C(=O)OC)c4C)c3C)c(=O)n2[C@@H]1c1ccccc1OC. The summed E-state index contributed by atoms with van der Waals surface area (Å²) in [5, 5.41) is 0. The third-order valence-electron chi connectivity index (χ3n) is 8.44. The van der Waals surface area contributed by atoms with Crippen molar-refractivity contribution in [3.05, 3.63) is 113 Å². The number of carbonyl (C=O) groups excluding carboxylic acids is 2. The zero-order valence-corrected chi connectivity index (χ0v) is 27.7. The van der Waals surface area contributed by atoms with Gasteiger partial charge in [0.25, 0.3) is 11.5 Å². The lowest BCUT2D eigenvalue weighted by Crippen LogP contribution is -2.43. The highest BCUT2D eigenvalue weighted by Gasteiger charge is 2.35. The molecule has 45 heavy (non-hydrogen) atoms. The highest BCUT2D eigenvalue weighted by molar-refractivity contribution is 7.07. The van der Waals surface area contributed by atoms with Crippen LogP contribution in [-0.4, -0.2) is 53.2 Å². The van der Waals surface area contributed by atoms with E-state index in [1.807, 2.05) is 90.1 Å². The number of methoxy groups -OCH3 is 2. The first-order chi connectivity index (χ1) is 21.6. The van der Waals surface area contributed by atoms with Crippen molar-refractivity contribution in [3.8, 4) is 11.4 Å². The Kier molecular flexibility index (Phi) is 8.97. The zero-order chi connectivity index (χ0) is 32.6. The summed E-state index contributed by atoms with van der Waals surface area (Å²) in [4.78, 5) is 47.7. The molecular formula is C35H38N4O5S. The smallest absolute Gasteiger partial charge is 0.338 e. The van der Waals surface area contributed by atoms with Crippen LogP contribution in [0.25, 0.3) is 11.8 Å². The summed E-state index contributed by atoms with van der Waals surface area (Å²) in [7, 11) is 2.96. The number of ether oxygens (including phenoxy) is 2. The number of aryl methyl sites for hydroxylation is 1. The minimum atomic E-state index is -0.705. The first-order valence-corrected chi connectivity index (χ1v) is 15.7. The minimum Gasteiger partial charge on any atom is -0.496 e.